The Kier molecular flexibility index (Phi) is 5.48. The van der Waals surface area contributed by atoms with Gasteiger partial charge in [-0.05, 0) is 32.4 Å². The Hall–Kier alpha value is -1.91. The number of nitrogens with one attached hydrogen (secondary N) is 1. The number of carbonyl (C=O) groups is 2. The smallest absolute Gasteiger partial charge is 0.258 e. The molecule has 5 heteroatoms. The van der Waals surface area contributed by atoms with E-state index in [-0.39, 0.29) is 35.7 Å². The molecule has 0 aliphatic heterocycles. The molecule has 0 saturated heterocycles. The summed E-state index contributed by atoms with van der Waals surface area (Å²) >= 11 is 0. The van der Waals surface area contributed by atoms with E-state index in [0.29, 0.717) is 0 Å². The minimum Gasteiger partial charge on any atom is -0.483 e. The van der Waals surface area contributed by atoms with E-state index in [9.17, 15) is 14.0 Å². The lowest BCUT2D eigenvalue weighted by molar-refractivity contribution is -0.123. The summed E-state index contributed by atoms with van der Waals surface area (Å²) in [5.74, 6) is -0.959. The first-order valence-corrected chi connectivity index (χ1v) is 6.16. The molecule has 1 unspecified atom stereocenters. The van der Waals surface area contributed by atoms with E-state index in [2.05, 4.69) is 5.32 Å². The van der Waals surface area contributed by atoms with Gasteiger partial charge in [-0.1, -0.05) is 6.92 Å². The standard InChI is InChI=1S/C14H18FNO3/c1-4-9(2)16-14(18)8-19-13-7-11(15)5-6-12(13)10(3)17/h5-7,9H,4,8H2,1-3H3,(H,16,18). The summed E-state index contributed by atoms with van der Waals surface area (Å²) in [6.07, 6.45) is 0.810. The second kappa shape index (κ2) is 6.87. The van der Waals surface area contributed by atoms with E-state index in [1.165, 1.54) is 19.1 Å². The molecule has 1 atom stereocenters. The van der Waals surface area contributed by atoms with E-state index in [4.69, 9.17) is 4.74 Å². The second-order valence-corrected chi connectivity index (χ2v) is 4.36. The summed E-state index contributed by atoms with van der Waals surface area (Å²) in [4.78, 5) is 22.9. The lowest BCUT2D eigenvalue weighted by Gasteiger charge is -2.13. The molecule has 0 saturated carbocycles. The number of rotatable bonds is 6. The number of halogens is 1. The molecule has 104 valence electrons. The summed E-state index contributed by atoms with van der Waals surface area (Å²) in [5, 5.41) is 2.72. The molecule has 0 fully saturated rings. The number of amides is 1. The molecule has 19 heavy (non-hydrogen) atoms. The predicted molar refractivity (Wildman–Crippen MR) is 69.8 cm³/mol. The third-order valence-corrected chi connectivity index (χ3v) is 2.70. The fraction of sp³-hybridized carbons (Fsp3) is 0.429. The highest BCUT2D eigenvalue weighted by Crippen LogP contribution is 2.20. The van der Waals surface area contributed by atoms with Crippen LogP contribution in [-0.4, -0.2) is 24.3 Å². The van der Waals surface area contributed by atoms with Crippen LogP contribution in [0.3, 0.4) is 0 Å². The molecule has 0 radical (unpaired) electrons. The Morgan fingerprint density at radius 3 is 2.68 bits per heavy atom. The molecule has 0 bridgehead atoms. The van der Waals surface area contributed by atoms with Crippen molar-refractivity contribution in [2.45, 2.75) is 33.2 Å². The van der Waals surface area contributed by atoms with Gasteiger partial charge in [-0.2, -0.15) is 0 Å². The van der Waals surface area contributed by atoms with Crippen LogP contribution in [0.15, 0.2) is 18.2 Å². The van der Waals surface area contributed by atoms with Crippen molar-refractivity contribution in [2.24, 2.45) is 0 Å². The van der Waals surface area contributed by atoms with Gasteiger partial charge in [0.1, 0.15) is 11.6 Å². The Balaban J connectivity index is 2.69. The van der Waals surface area contributed by atoms with Crippen molar-refractivity contribution in [2.75, 3.05) is 6.61 Å². The molecule has 0 aromatic heterocycles. The maximum absolute atomic E-state index is 13.1. The summed E-state index contributed by atoms with van der Waals surface area (Å²) in [6, 6.07) is 3.69. The van der Waals surface area contributed by atoms with Crippen molar-refractivity contribution in [1.82, 2.24) is 5.32 Å². The zero-order chi connectivity index (χ0) is 14.4. The molecule has 0 aliphatic rings. The van der Waals surface area contributed by atoms with Crippen LogP contribution < -0.4 is 10.1 Å². The van der Waals surface area contributed by atoms with Crippen molar-refractivity contribution in [1.29, 1.82) is 0 Å². The quantitative estimate of drug-likeness (QED) is 0.805. The van der Waals surface area contributed by atoms with Crippen LogP contribution in [0.1, 0.15) is 37.6 Å². The number of Topliss-reactive ketones (excluding diaryl/α,β-unsaturated/α-hetero) is 1. The third-order valence-electron chi connectivity index (χ3n) is 2.70. The van der Waals surface area contributed by atoms with E-state index >= 15 is 0 Å². The molecular weight excluding hydrogens is 249 g/mol. The topological polar surface area (TPSA) is 55.4 Å². The van der Waals surface area contributed by atoms with Gasteiger partial charge >= 0.3 is 0 Å². The zero-order valence-corrected chi connectivity index (χ0v) is 11.3. The molecule has 1 rings (SSSR count). The largest absolute Gasteiger partial charge is 0.483 e. The number of benzene rings is 1. The zero-order valence-electron chi connectivity index (χ0n) is 11.3. The summed E-state index contributed by atoms with van der Waals surface area (Å²) in [7, 11) is 0. The van der Waals surface area contributed by atoms with E-state index in [1.54, 1.807) is 0 Å². The van der Waals surface area contributed by atoms with Gasteiger partial charge in [0.25, 0.3) is 5.91 Å². The highest BCUT2D eigenvalue weighted by Gasteiger charge is 2.12. The van der Waals surface area contributed by atoms with Crippen LogP contribution in [0.5, 0.6) is 5.75 Å². The Bertz CT molecular complexity index is 474. The molecule has 0 heterocycles. The summed E-state index contributed by atoms with van der Waals surface area (Å²) in [6.45, 7) is 4.95. The van der Waals surface area contributed by atoms with Crippen molar-refractivity contribution >= 4 is 11.7 Å². The van der Waals surface area contributed by atoms with Gasteiger partial charge in [0.15, 0.2) is 12.4 Å². The second-order valence-electron chi connectivity index (χ2n) is 4.36. The van der Waals surface area contributed by atoms with E-state index in [1.807, 2.05) is 13.8 Å². The molecule has 0 spiro atoms. The highest BCUT2D eigenvalue weighted by molar-refractivity contribution is 5.96. The van der Waals surface area contributed by atoms with Gasteiger partial charge in [-0.25, -0.2) is 4.39 Å². The average Bonchev–Trinajstić information content (AvgIpc) is 2.35. The van der Waals surface area contributed by atoms with Gasteiger partial charge in [0.2, 0.25) is 0 Å². The Morgan fingerprint density at radius 2 is 2.11 bits per heavy atom. The number of hydrogen-bond acceptors (Lipinski definition) is 3. The maximum Gasteiger partial charge on any atom is 0.258 e. The molecule has 1 N–H and O–H groups in total. The Labute approximate surface area is 112 Å². The van der Waals surface area contributed by atoms with Crippen LogP contribution in [0.4, 0.5) is 4.39 Å². The molecule has 4 nitrogen and oxygen atoms in total. The van der Waals surface area contributed by atoms with Crippen LogP contribution in [0, 0.1) is 5.82 Å². The maximum atomic E-state index is 13.1. The van der Waals surface area contributed by atoms with Gasteiger partial charge in [-0.15, -0.1) is 0 Å². The van der Waals surface area contributed by atoms with Crippen LogP contribution in [0.25, 0.3) is 0 Å². The van der Waals surface area contributed by atoms with Gasteiger partial charge in [-0.3, -0.25) is 9.59 Å². The lowest BCUT2D eigenvalue weighted by atomic mass is 10.1. The van der Waals surface area contributed by atoms with E-state index < -0.39 is 5.82 Å². The van der Waals surface area contributed by atoms with Crippen molar-refractivity contribution in [3.8, 4) is 5.75 Å². The van der Waals surface area contributed by atoms with Gasteiger partial charge in [0, 0.05) is 12.1 Å². The van der Waals surface area contributed by atoms with Crippen molar-refractivity contribution < 1.29 is 18.7 Å². The first kappa shape index (κ1) is 15.1. The number of hydrogen-bond donors (Lipinski definition) is 1. The fourth-order valence-corrected chi connectivity index (χ4v) is 1.47. The number of ether oxygens (including phenoxy) is 1. The summed E-state index contributed by atoms with van der Waals surface area (Å²) < 4.78 is 18.3. The van der Waals surface area contributed by atoms with Crippen LogP contribution in [-0.2, 0) is 4.79 Å². The van der Waals surface area contributed by atoms with Crippen molar-refractivity contribution in [3.63, 3.8) is 0 Å². The van der Waals surface area contributed by atoms with Crippen LogP contribution in [0.2, 0.25) is 0 Å². The van der Waals surface area contributed by atoms with Gasteiger partial charge in [0.05, 0.1) is 5.56 Å². The third kappa shape index (κ3) is 4.69. The molecular formula is C14H18FNO3. The normalized spacial score (nSPS) is 11.8. The minimum atomic E-state index is -0.512. The lowest BCUT2D eigenvalue weighted by Crippen LogP contribution is -2.35. The van der Waals surface area contributed by atoms with Crippen molar-refractivity contribution in [3.05, 3.63) is 29.6 Å². The number of carbonyl (C=O) groups excluding carboxylic acids is 2. The Morgan fingerprint density at radius 1 is 1.42 bits per heavy atom. The van der Waals surface area contributed by atoms with Gasteiger partial charge < -0.3 is 10.1 Å². The number of ketones is 1. The first-order valence-electron chi connectivity index (χ1n) is 6.16. The van der Waals surface area contributed by atoms with Crippen LogP contribution >= 0.6 is 0 Å². The summed E-state index contributed by atoms with van der Waals surface area (Å²) in [5.41, 5.74) is 0.262. The SMILES string of the molecule is CCC(C)NC(=O)COc1cc(F)ccc1C(C)=O. The molecule has 1 amide bonds. The molecule has 1 aromatic rings. The first-order chi connectivity index (χ1) is 8.93. The minimum absolute atomic E-state index is 0.0517. The molecule has 0 aliphatic carbocycles. The average molecular weight is 267 g/mol. The monoisotopic (exact) mass is 267 g/mol. The predicted octanol–water partition coefficient (Wildman–Crippen LogP) is 2.32. The highest BCUT2D eigenvalue weighted by atomic mass is 19.1. The fourth-order valence-electron chi connectivity index (χ4n) is 1.47. The van der Waals surface area contributed by atoms with E-state index in [0.717, 1.165) is 12.5 Å². The molecule has 1 aromatic carbocycles.